The van der Waals surface area contributed by atoms with E-state index in [1.165, 1.54) is 4.90 Å². The lowest BCUT2D eigenvalue weighted by Crippen LogP contribution is -2.46. The second kappa shape index (κ2) is 6.11. The molecule has 5 nitrogen and oxygen atoms in total. The largest absolute Gasteiger partial charge is 0.391 e. The van der Waals surface area contributed by atoms with Crippen LogP contribution in [-0.4, -0.2) is 42.1 Å². The van der Waals surface area contributed by atoms with Gasteiger partial charge in [-0.3, -0.25) is 4.79 Å². The molecule has 120 valence electrons. The summed E-state index contributed by atoms with van der Waals surface area (Å²) in [5.74, 6) is -2.00. The van der Waals surface area contributed by atoms with Crippen molar-refractivity contribution in [3.63, 3.8) is 0 Å². The molecule has 1 atom stereocenters. The first-order valence-corrected chi connectivity index (χ1v) is 7.19. The molecule has 1 aliphatic carbocycles. The van der Waals surface area contributed by atoms with Crippen LogP contribution in [0.15, 0.2) is 0 Å². The van der Waals surface area contributed by atoms with Crippen LogP contribution in [0.4, 0.5) is 18.0 Å². The van der Waals surface area contributed by atoms with Crippen molar-refractivity contribution in [1.82, 2.24) is 10.2 Å². The molecule has 0 aromatic heterocycles. The minimum absolute atomic E-state index is 0.0539. The van der Waals surface area contributed by atoms with Gasteiger partial charge in [0.25, 0.3) is 0 Å². The highest BCUT2D eigenvalue weighted by atomic mass is 19.4. The van der Waals surface area contributed by atoms with Crippen molar-refractivity contribution in [3.05, 3.63) is 0 Å². The number of urea groups is 1. The van der Waals surface area contributed by atoms with Crippen molar-refractivity contribution in [2.75, 3.05) is 13.1 Å². The minimum atomic E-state index is -4.14. The number of alkyl halides is 3. The van der Waals surface area contributed by atoms with Crippen molar-refractivity contribution < 1.29 is 22.8 Å². The number of amides is 3. The average molecular weight is 307 g/mol. The highest BCUT2D eigenvalue weighted by molar-refractivity contribution is 5.80. The molecule has 1 heterocycles. The van der Waals surface area contributed by atoms with Crippen LogP contribution in [0.2, 0.25) is 0 Å². The monoisotopic (exact) mass is 307 g/mol. The van der Waals surface area contributed by atoms with Crippen molar-refractivity contribution in [3.8, 4) is 0 Å². The molecule has 0 radical (unpaired) electrons. The average Bonchev–Trinajstić information content (AvgIpc) is 2.88. The molecular weight excluding hydrogens is 287 g/mol. The van der Waals surface area contributed by atoms with Crippen LogP contribution in [0.3, 0.4) is 0 Å². The smallest absolute Gasteiger partial charge is 0.369 e. The van der Waals surface area contributed by atoms with E-state index in [1.54, 1.807) is 0 Å². The summed E-state index contributed by atoms with van der Waals surface area (Å²) < 4.78 is 37.7. The van der Waals surface area contributed by atoms with Crippen molar-refractivity contribution in [2.24, 2.45) is 17.6 Å². The predicted octanol–water partition coefficient (Wildman–Crippen LogP) is 1.62. The summed E-state index contributed by atoms with van der Waals surface area (Å²) in [6.07, 6.45) is -2.81. The van der Waals surface area contributed by atoms with Gasteiger partial charge in [0.15, 0.2) is 0 Å². The third kappa shape index (κ3) is 4.01. The minimum Gasteiger partial charge on any atom is -0.369 e. The number of nitrogens with two attached hydrogens (primary N) is 1. The van der Waals surface area contributed by atoms with Crippen LogP contribution >= 0.6 is 0 Å². The van der Waals surface area contributed by atoms with E-state index in [9.17, 15) is 22.8 Å². The van der Waals surface area contributed by atoms with Gasteiger partial charge in [-0.25, -0.2) is 4.79 Å². The maximum absolute atomic E-state index is 12.6. The molecule has 3 amide bonds. The van der Waals surface area contributed by atoms with E-state index in [2.05, 4.69) is 5.32 Å². The first-order chi connectivity index (χ1) is 9.77. The molecule has 1 saturated carbocycles. The van der Waals surface area contributed by atoms with Gasteiger partial charge < -0.3 is 16.0 Å². The normalized spacial score (nSPS) is 30.2. The molecule has 2 aliphatic rings. The number of nitrogens with one attached hydrogen (secondary N) is 1. The highest BCUT2D eigenvalue weighted by Crippen LogP contribution is 2.37. The van der Waals surface area contributed by atoms with Gasteiger partial charge in [-0.15, -0.1) is 0 Å². The van der Waals surface area contributed by atoms with E-state index in [0.717, 1.165) is 0 Å². The molecule has 1 saturated heterocycles. The Morgan fingerprint density at radius 3 is 2.19 bits per heavy atom. The Kier molecular flexibility index (Phi) is 4.63. The standard InChI is InChI=1S/C13H20F3N3O2/c14-13(15,16)9-1-3-10(4-2-9)18-12(21)19-6-5-8(7-19)11(17)20/h8-10H,1-7H2,(H2,17,20)(H,18,21). The van der Waals surface area contributed by atoms with Gasteiger partial charge in [-0.05, 0) is 32.1 Å². The SMILES string of the molecule is NC(=O)C1CCN(C(=O)NC2CCC(C(F)(F)F)CC2)C1. The molecular formula is C13H20F3N3O2. The number of hydrogen-bond donors (Lipinski definition) is 2. The number of nitrogens with zero attached hydrogens (tertiary/aromatic N) is 1. The molecule has 2 fully saturated rings. The third-order valence-corrected chi connectivity index (χ3v) is 4.40. The zero-order valence-electron chi connectivity index (χ0n) is 11.7. The fraction of sp³-hybridized carbons (Fsp3) is 0.846. The molecule has 0 aromatic carbocycles. The van der Waals surface area contributed by atoms with Crippen LogP contribution < -0.4 is 11.1 Å². The summed E-state index contributed by atoms with van der Waals surface area (Å²) in [4.78, 5) is 24.6. The number of halogens is 3. The van der Waals surface area contributed by atoms with Crippen molar-refractivity contribution >= 4 is 11.9 Å². The first kappa shape index (κ1) is 15.9. The second-order valence-corrected chi connectivity index (χ2v) is 5.87. The summed E-state index contributed by atoms with van der Waals surface area (Å²) in [6, 6.07) is -0.530. The Morgan fingerprint density at radius 1 is 1.10 bits per heavy atom. The molecule has 1 aliphatic heterocycles. The summed E-state index contributed by atoms with van der Waals surface area (Å²) in [5.41, 5.74) is 5.20. The van der Waals surface area contributed by atoms with Gasteiger partial charge in [-0.2, -0.15) is 13.2 Å². The fourth-order valence-corrected chi connectivity index (χ4v) is 3.01. The Hall–Kier alpha value is -1.47. The Labute approximate surface area is 121 Å². The first-order valence-electron chi connectivity index (χ1n) is 7.19. The Balaban J connectivity index is 1.76. The van der Waals surface area contributed by atoms with Gasteiger partial charge in [0.05, 0.1) is 11.8 Å². The molecule has 0 aromatic rings. The van der Waals surface area contributed by atoms with Gasteiger partial charge in [0.1, 0.15) is 0 Å². The highest BCUT2D eigenvalue weighted by Gasteiger charge is 2.41. The molecule has 2 rings (SSSR count). The Bertz CT molecular complexity index is 406. The lowest BCUT2D eigenvalue weighted by molar-refractivity contribution is -0.182. The Morgan fingerprint density at radius 2 is 1.71 bits per heavy atom. The van der Waals surface area contributed by atoms with Crippen molar-refractivity contribution in [2.45, 2.75) is 44.3 Å². The number of rotatable bonds is 2. The molecule has 21 heavy (non-hydrogen) atoms. The number of carbonyl (C=O) groups is 2. The zero-order valence-corrected chi connectivity index (χ0v) is 11.7. The summed E-state index contributed by atoms with van der Waals surface area (Å²) in [7, 11) is 0. The summed E-state index contributed by atoms with van der Waals surface area (Å²) in [6.45, 7) is 0.746. The van der Waals surface area contributed by atoms with E-state index in [-0.39, 0.29) is 30.8 Å². The van der Waals surface area contributed by atoms with E-state index in [4.69, 9.17) is 5.73 Å². The van der Waals surface area contributed by atoms with Gasteiger partial charge >= 0.3 is 12.2 Å². The number of carbonyl (C=O) groups excluding carboxylic acids is 2. The van der Waals surface area contributed by atoms with Crippen LogP contribution in [0, 0.1) is 11.8 Å². The molecule has 3 N–H and O–H groups in total. The van der Waals surface area contributed by atoms with Crippen LogP contribution in [0.5, 0.6) is 0 Å². The predicted molar refractivity (Wildman–Crippen MR) is 69.2 cm³/mol. The summed E-state index contributed by atoms with van der Waals surface area (Å²) >= 11 is 0. The summed E-state index contributed by atoms with van der Waals surface area (Å²) in [5, 5.41) is 2.76. The molecule has 8 heteroatoms. The van der Waals surface area contributed by atoms with Crippen molar-refractivity contribution in [1.29, 1.82) is 0 Å². The maximum Gasteiger partial charge on any atom is 0.391 e. The van der Waals surface area contributed by atoms with E-state index >= 15 is 0 Å². The number of primary amides is 1. The molecule has 1 unspecified atom stereocenters. The third-order valence-electron chi connectivity index (χ3n) is 4.40. The van der Waals surface area contributed by atoms with Crippen LogP contribution in [0.25, 0.3) is 0 Å². The topological polar surface area (TPSA) is 75.4 Å². The van der Waals surface area contributed by atoms with Gasteiger partial charge in [-0.1, -0.05) is 0 Å². The lowest BCUT2D eigenvalue weighted by Gasteiger charge is -2.31. The molecule has 0 spiro atoms. The van der Waals surface area contributed by atoms with Crippen LogP contribution in [0.1, 0.15) is 32.1 Å². The van der Waals surface area contributed by atoms with Gasteiger partial charge in [0.2, 0.25) is 5.91 Å². The van der Waals surface area contributed by atoms with E-state index in [0.29, 0.717) is 32.4 Å². The van der Waals surface area contributed by atoms with E-state index < -0.39 is 18.0 Å². The number of hydrogen-bond acceptors (Lipinski definition) is 2. The quantitative estimate of drug-likeness (QED) is 0.813. The van der Waals surface area contributed by atoms with Crippen LogP contribution in [-0.2, 0) is 4.79 Å². The molecule has 0 bridgehead atoms. The maximum atomic E-state index is 12.6. The zero-order chi connectivity index (χ0) is 15.6. The van der Waals surface area contributed by atoms with Gasteiger partial charge in [0, 0.05) is 19.1 Å². The second-order valence-electron chi connectivity index (χ2n) is 5.87. The van der Waals surface area contributed by atoms with E-state index in [1.807, 2.05) is 0 Å². The number of likely N-dealkylation sites (tertiary alicyclic amines) is 1. The fourth-order valence-electron chi connectivity index (χ4n) is 3.01. The lowest BCUT2D eigenvalue weighted by atomic mass is 9.85.